The minimum Gasteiger partial charge on any atom is -0.330 e. The zero-order valence-corrected chi connectivity index (χ0v) is 10.8. The standard InChI is InChI=1S/C13H28N2/c1-4-13(3)6-9-15(10-7-13)11-12(2)5-8-14/h12H,4-11,14H2,1-3H3. The van der Waals surface area contributed by atoms with Crippen molar-refractivity contribution in [2.45, 2.75) is 46.5 Å². The van der Waals surface area contributed by atoms with Crippen LogP contribution >= 0.6 is 0 Å². The Bertz CT molecular complexity index is 171. The Hall–Kier alpha value is -0.0800. The fourth-order valence-electron chi connectivity index (χ4n) is 2.45. The van der Waals surface area contributed by atoms with Crippen LogP contribution in [0.1, 0.15) is 46.5 Å². The molecule has 0 aromatic heterocycles. The highest BCUT2D eigenvalue weighted by Gasteiger charge is 2.28. The monoisotopic (exact) mass is 212 g/mol. The Kier molecular flexibility index (Phi) is 5.07. The highest BCUT2D eigenvalue weighted by atomic mass is 15.1. The lowest BCUT2D eigenvalue weighted by molar-refractivity contribution is 0.102. The average molecular weight is 212 g/mol. The molecule has 0 bridgehead atoms. The highest BCUT2D eigenvalue weighted by molar-refractivity contribution is 4.81. The van der Waals surface area contributed by atoms with Crippen LogP contribution in [0.5, 0.6) is 0 Å². The molecule has 2 N–H and O–H groups in total. The Morgan fingerprint density at radius 1 is 1.33 bits per heavy atom. The maximum atomic E-state index is 5.58. The summed E-state index contributed by atoms with van der Waals surface area (Å²) in [5.41, 5.74) is 6.20. The van der Waals surface area contributed by atoms with Gasteiger partial charge >= 0.3 is 0 Å². The van der Waals surface area contributed by atoms with Gasteiger partial charge in [0.15, 0.2) is 0 Å². The van der Waals surface area contributed by atoms with Crippen LogP contribution in [0.15, 0.2) is 0 Å². The molecule has 15 heavy (non-hydrogen) atoms. The van der Waals surface area contributed by atoms with E-state index in [-0.39, 0.29) is 0 Å². The smallest absolute Gasteiger partial charge is 0.000750 e. The summed E-state index contributed by atoms with van der Waals surface area (Å²) >= 11 is 0. The molecule has 0 spiro atoms. The van der Waals surface area contributed by atoms with Crippen molar-refractivity contribution in [1.82, 2.24) is 4.90 Å². The van der Waals surface area contributed by atoms with Gasteiger partial charge in [-0.05, 0) is 50.2 Å². The maximum absolute atomic E-state index is 5.58. The molecule has 2 nitrogen and oxygen atoms in total. The van der Waals surface area contributed by atoms with Crippen LogP contribution in [0.25, 0.3) is 0 Å². The molecule has 1 heterocycles. The first-order valence-corrected chi connectivity index (χ1v) is 6.52. The Morgan fingerprint density at radius 3 is 2.40 bits per heavy atom. The second-order valence-electron chi connectivity index (χ2n) is 5.65. The van der Waals surface area contributed by atoms with E-state index in [1.807, 2.05) is 0 Å². The van der Waals surface area contributed by atoms with Crippen molar-refractivity contribution < 1.29 is 0 Å². The molecule has 1 aliphatic rings. The summed E-state index contributed by atoms with van der Waals surface area (Å²) < 4.78 is 0. The number of nitrogens with two attached hydrogens (primary N) is 1. The molecule has 2 heteroatoms. The van der Waals surface area contributed by atoms with Crippen molar-refractivity contribution in [2.75, 3.05) is 26.2 Å². The molecule has 1 saturated heterocycles. The Morgan fingerprint density at radius 2 is 1.93 bits per heavy atom. The summed E-state index contributed by atoms with van der Waals surface area (Å²) in [7, 11) is 0. The van der Waals surface area contributed by atoms with Gasteiger partial charge < -0.3 is 10.6 Å². The predicted octanol–water partition coefficient (Wildman–Crippen LogP) is 2.48. The van der Waals surface area contributed by atoms with Gasteiger partial charge in [0.1, 0.15) is 0 Å². The summed E-state index contributed by atoms with van der Waals surface area (Å²) in [4.78, 5) is 2.62. The molecule has 1 aliphatic heterocycles. The van der Waals surface area contributed by atoms with E-state index >= 15 is 0 Å². The summed E-state index contributed by atoms with van der Waals surface area (Å²) in [5, 5.41) is 0. The number of rotatable bonds is 5. The fourth-order valence-corrected chi connectivity index (χ4v) is 2.45. The van der Waals surface area contributed by atoms with Gasteiger partial charge in [-0.25, -0.2) is 0 Å². The Balaban J connectivity index is 2.25. The summed E-state index contributed by atoms with van der Waals surface area (Å²) in [6.07, 6.45) is 5.25. The van der Waals surface area contributed by atoms with E-state index in [2.05, 4.69) is 25.7 Å². The van der Waals surface area contributed by atoms with Crippen LogP contribution < -0.4 is 5.73 Å². The average Bonchev–Trinajstić information content (AvgIpc) is 2.22. The predicted molar refractivity (Wildman–Crippen MR) is 66.9 cm³/mol. The van der Waals surface area contributed by atoms with Gasteiger partial charge in [-0.1, -0.05) is 27.2 Å². The van der Waals surface area contributed by atoms with Crippen LogP contribution in [-0.4, -0.2) is 31.1 Å². The molecular formula is C13H28N2. The van der Waals surface area contributed by atoms with Gasteiger partial charge in [-0.15, -0.1) is 0 Å². The lowest BCUT2D eigenvalue weighted by Crippen LogP contribution is -2.40. The zero-order chi connectivity index (χ0) is 11.3. The van der Waals surface area contributed by atoms with Crippen molar-refractivity contribution in [3.05, 3.63) is 0 Å². The molecule has 1 fully saturated rings. The summed E-state index contributed by atoms with van der Waals surface area (Å²) in [6, 6.07) is 0. The number of nitrogens with zero attached hydrogens (tertiary/aromatic N) is 1. The second kappa shape index (κ2) is 5.86. The third-order valence-electron chi connectivity index (χ3n) is 4.15. The van der Waals surface area contributed by atoms with Gasteiger partial charge in [0.25, 0.3) is 0 Å². The lowest BCUT2D eigenvalue weighted by atomic mass is 9.78. The van der Waals surface area contributed by atoms with Crippen molar-refractivity contribution in [3.8, 4) is 0 Å². The van der Waals surface area contributed by atoms with E-state index in [0.29, 0.717) is 5.41 Å². The number of piperidine rings is 1. The van der Waals surface area contributed by atoms with E-state index in [1.54, 1.807) is 0 Å². The van der Waals surface area contributed by atoms with E-state index < -0.39 is 0 Å². The molecule has 0 aliphatic carbocycles. The number of hydrogen-bond acceptors (Lipinski definition) is 2. The van der Waals surface area contributed by atoms with Gasteiger partial charge in [-0.3, -0.25) is 0 Å². The van der Waals surface area contributed by atoms with Gasteiger partial charge in [-0.2, -0.15) is 0 Å². The first-order chi connectivity index (χ1) is 7.09. The van der Waals surface area contributed by atoms with Crippen LogP contribution in [0.4, 0.5) is 0 Å². The third kappa shape index (κ3) is 4.12. The SMILES string of the molecule is CCC1(C)CCN(CC(C)CCN)CC1. The molecule has 90 valence electrons. The largest absolute Gasteiger partial charge is 0.330 e. The first-order valence-electron chi connectivity index (χ1n) is 6.52. The maximum Gasteiger partial charge on any atom is 0.000750 e. The minimum atomic E-state index is 0.619. The minimum absolute atomic E-state index is 0.619. The number of hydrogen-bond donors (Lipinski definition) is 1. The van der Waals surface area contributed by atoms with Gasteiger partial charge in [0.05, 0.1) is 0 Å². The topological polar surface area (TPSA) is 29.3 Å². The van der Waals surface area contributed by atoms with Crippen LogP contribution in [-0.2, 0) is 0 Å². The van der Waals surface area contributed by atoms with Crippen molar-refractivity contribution in [1.29, 1.82) is 0 Å². The van der Waals surface area contributed by atoms with E-state index in [4.69, 9.17) is 5.73 Å². The first kappa shape index (κ1) is 13.0. The summed E-state index contributed by atoms with van der Waals surface area (Å²) in [6.45, 7) is 11.7. The summed E-state index contributed by atoms with van der Waals surface area (Å²) in [5.74, 6) is 0.765. The lowest BCUT2D eigenvalue weighted by Gasteiger charge is -2.39. The fraction of sp³-hybridized carbons (Fsp3) is 1.00. The third-order valence-corrected chi connectivity index (χ3v) is 4.15. The van der Waals surface area contributed by atoms with Crippen molar-refractivity contribution in [2.24, 2.45) is 17.1 Å². The second-order valence-corrected chi connectivity index (χ2v) is 5.65. The Labute approximate surface area is 95.2 Å². The molecular weight excluding hydrogens is 184 g/mol. The van der Waals surface area contributed by atoms with E-state index in [0.717, 1.165) is 12.5 Å². The molecule has 0 saturated carbocycles. The normalized spacial score (nSPS) is 24.0. The molecule has 1 atom stereocenters. The quantitative estimate of drug-likeness (QED) is 0.758. The van der Waals surface area contributed by atoms with Crippen LogP contribution in [0.2, 0.25) is 0 Å². The van der Waals surface area contributed by atoms with Crippen LogP contribution in [0, 0.1) is 11.3 Å². The zero-order valence-electron chi connectivity index (χ0n) is 10.8. The van der Waals surface area contributed by atoms with Crippen LogP contribution in [0.3, 0.4) is 0 Å². The molecule has 0 aromatic rings. The van der Waals surface area contributed by atoms with E-state index in [1.165, 1.54) is 45.3 Å². The molecule has 0 amide bonds. The highest BCUT2D eigenvalue weighted by Crippen LogP contribution is 2.34. The van der Waals surface area contributed by atoms with Gasteiger partial charge in [0.2, 0.25) is 0 Å². The van der Waals surface area contributed by atoms with E-state index in [9.17, 15) is 0 Å². The van der Waals surface area contributed by atoms with Crippen molar-refractivity contribution in [3.63, 3.8) is 0 Å². The number of likely N-dealkylation sites (tertiary alicyclic amines) is 1. The molecule has 0 aromatic carbocycles. The van der Waals surface area contributed by atoms with Gasteiger partial charge in [0, 0.05) is 6.54 Å². The molecule has 1 unspecified atom stereocenters. The van der Waals surface area contributed by atoms with Crippen molar-refractivity contribution >= 4 is 0 Å². The molecule has 0 radical (unpaired) electrons. The molecule has 1 rings (SSSR count).